The highest BCUT2D eigenvalue weighted by molar-refractivity contribution is 8.05. The summed E-state index contributed by atoms with van der Waals surface area (Å²) in [5.74, 6) is 0.825. The average Bonchev–Trinajstić information content (AvgIpc) is 3.35. The normalized spacial score (nSPS) is 16.1. The summed E-state index contributed by atoms with van der Waals surface area (Å²) in [5, 5.41) is 21.1. The molecule has 0 saturated carbocycles. The molecule has 3 aromatic rings. The average molecular weight is 398 g/mol. The first-order chi connectivity index (χ1) is 13.1. The summed E-state index contributed by atoms with van der Waals surface area (Å²) in [5.41, 5.74) is 2.19. The van der Waals surface area contributed by atoms with E-state index in [-0.39, 0.29) is 24.2 Å². The molecule has 0 amide bonds. The lowest BCUT2D eigenvalue weighted by atomic mass is 10.1. The first-order valence-electron chi connectivity index (χ1n) is 8.00. The minimum absolute atomic E-state index is 0.128. The molecule has 0 radical (unpaired) electrons. The van der Waals surface area contributed by atoms with Crippen molar-refractivity contribution >= 4 is 35.1 Å². The molecular weight excluding hydrogens is 386 g/mol. The summed E-state index contributed by atoms with van der Waals surface area (Å²) in [4.78, 5) is 13.6. The number of ether oxygens (including phenoxy) is 2. The summed E-state index contributed by atoms with van der Waals surface area (Å²) < 4.78 is 13.2. The van der Waals surface area contributed by atoms with E-state index in [0.717, 1.165) is 9.90 Å². The number of aromatic nitrogens is 1. The Morgan fingerprint density at radius 3 is 2.74 bits per heavy atom. The highest BCUT2D eigenvalue weighted by Gasteiger charge is 2.41. The standard InChI is InChI=1S/C19H11NO5S2/c21-13-3-2-11(7-14(13)22)12-8-26-19-20(12)18(23)17(27-19)6-10-1-4-15-16(5-10)25-9-24-15/h1-8H,9H2,(H-,21,22)/p+1/b17-6+. The van der Waals surface area contributed by atoms with Crippen molar-refractivity contribution < 1.29 is 29.0 Å². The number of thiazole rings is 1. The predicted molar refractivity (Wildman–Crippen MR) is 100 cm³/mol. The molecule has 0 bridgehead atoms. The summed E-state index contributed by atoms with van der Waals surface area (Å²) in [6.07, 6.45) is 1.83. The van der Waals surface area contributed by atoms with Gasteiger partial charge in [0.15, 0.2) is 23.0 Å². The van der Waals surface area contributed by atoms with Gasteiger partial charge in [-0.2, -0.15) is 0 Å². The lowest BCUT2D eigenvalue weighted by Crippen LogP contribution is -2.40. The van der Waals surface area contributed by atoms with Crippen LogP contribution in [0.4, 0.5) is 0 Å². The smallest absolute Gasteiger partial charge is 0.433 e. The minimum atomic E-state index is -0.220. The van der Waals surface area contributed by atoms with Gasteiger partial charge in [-0.05, 0) is 42.0 Å². The topological polar surface area (TPSA) is 79.9 Å². The number of aromatic hydroxyl groups is 2. The highest BCUT2D eigenvalue weighted by atomic mass is 32.2. The highest BCUT2D eigenvalue weighted by Crippen LogP contribution is 2.40. The second kappa shape index (κ2) is 6.04. The van der Waals surface area contributed by atoms with Crippen molar-refractivity contribution in [3.8, 4) is 34.3 Å². The molecule has 134 valence electrons. The van der Waals surface area contributed by atoms with Crippen molar-refractivity contribution in [2.24, 2.45) is 0 Å². The van der Waals surface area contributed by atoms with Crippen LogP contribution in [0.15, 0.2) is 51.0 Å². The molecule has 2 aromatic carbocycles. The van der Waals surface area contributed by atoms with Crippen molar-refractivity contribution in [3.63, 3.8) is 0 Å². The molecule has 0 saturated heterocycles. The Balaban J connectivity index is 1.51. The van der Waals surface area contributed by atoms with Crippen LogP contribution in [0.5, 0.6) is 23.0 Å². The maximum Gasteiger partial charge on any atom is 0.433 e. The van der Waals surface area contributed by atoms with Crippen molar-refractivity contribution in [3.05, 3.63) is 52.2 Å². The first kappa shape index (κ1) is 16.2. The molecule has 1 aromatic heterocycles. The predicted octanol–water partition coefficient (Wildman–Crippen LogP) is 3.63. The second-order valence-corrected chi connectivity index (χ2v) is 8.10. The zero-order chi connectivity index (χ0) is 18.5. The quantitative estimate of drug-likeness (QED) is 0.390. The Morgan fingerprint density at radius 2 is 1.89 bits per heavy atom. The van der Waals surface area contributed by atoms with Crippen LogP contribution >= 0.6 is 23.1 Å². The van der Waals surface area contributed by atoms with Crippen molar-refractivity contribution in [1.29, 1.82) is 0 Å². The van der Waals surface area contributed by atoms with E-state index < -0.39 is 0 Å². The Kier molecular flexibility index (Phi) is 3.63. The van der Waals surface area contributed by atoms with Gasteiger partial charge in [0.25, 0.3) is 0 Å². The number of carbonyl (C=O) groups is 1. The van der Waals surface area contributed by atoms with Crippen molar-refractivity contribution in [2.45, 2.75) is 4.34 Å². The van der Waals surface area contributed by atoms with Gasteiger partial charge in [0, 0.05) is 11.8 Å². The van der Waals surface area contributed by atoms with Crippen LogP contribution in [0.2, 0.25) is 0 Å². The van der Waals surface area contributed by atoms with Crippen LogP contribution in [0.1, 0.15) is 10.4 Å². The molecule has 2 aliphatic heterocycles. The summed E-state index contributed by atoms with van der Waals surface area (Å²) in [7, 11) is 0. The number of allylic oxidation sites excluding steroid dienone is 1. The number of carbonyl (C=O) groups excluding carboxylic acids is 1. The number of phenolic OH excluding ortho intramolecular Hbond substituents is 2. The molecule has 0 fully saturated rings. The largest absolute Gasteiger partial charge is 0.504 e. The molecule has 0 atom stereocenters. The number of hydrogen-bond donors (Lipinski definition) is 2. The van der Waals surface area contributed by atoms with E-state index in [1.54, 1.807) is 10.6 Å². The fraction of sp³-hybridized carbons (Fsp3) is 0.0526. The van der Waals surface area contributed by atoms with E-state index in [9.17, 15) is 15.0 Å². The molecule has 5 rings (SSSR count). The molecule has 2 aliphatic rings. The molecule has 3 heterocycles. The molecule has 6 nitrogen and oxygen atoms in total. The fourth-order valence-electron chi connectivity index (χ4n) is 2.95. The zero-order valence-electron chi connectivity index (χ0n) is 13.7. The third kappa shape index (κ3) is 2.65. The lowest BCUT2D eigenvalue weighted by Gasteiger charge is -1.99. The van der Waals surface area contributed by atoms with Gasteiger partial charge in [-0.3, -0.25) is 0 Å². The van der Waals surface area contributed by atoms with E-state index >= 15 is 0 Å². The number of hydrogen-bond acceptors (Lipinski definition) is 7. The number of rotatable bonds is 2. The monoisotopic (exact) mass is 398 g/mol. The van der Waals surface area contributed by atoms with Gasteiger partial charge >= 0.3 is 10.2 Å². The number of nitrogens with zero attached hydrogens (tertiary/aromatic N) is 1. The van der Waals surface area contributed by atoms with Gasteiger partial charge in [0.2, 0.25) is 12.5 Å². The van der Waals surface area contributed by atoms with Crippen LogP contribution in [0.25, 0.3) is 17.3 Å². The van der Waals surface area contributed by atoms with Gasteiger partial charge < -0.3 is 19.7 Å². The molecule has 8 heteroatoms. The van der Waals surface area contributed by atoms with Crippen LogP contribution in [0.3, 0.4) is 0 Å². The SMILES string of the molecule is O=C1/C(=C\c2ccc3c(c2)OCO3)Sc2scc(-c3ccc(O)c(O)c3)[n+]21. The molecular formula is C19H12NO5S2+. The van der Waals surface area contributed by atoms with E-state index in [4.69, 9.17) is 9.47 Å². The van der Waals surface area contributed by atoms with E-state index in [1.807, 2.05) is 29.7 Å². The number of thioether (sulfide) groups is 1. The van der Waals surface area contributed by atoms with Crippen LogP contribution in [0, 0.1) is 0 Å². The van der Waals surface area contributed by atoms with Gasteiger partial charge in [0.1, 0.15) is 4.91 Å². The van der Waals surface area contributed by atoms with Crippen molar-refractivity contribution in [1.82, 2.24) is 0 Å². The van der Waals surface area contributed by atoms with Crippen LogP contribution in [-0.2, 0) is 0 Å². The maximum atomic E-state index is 13.0. The van der Waals surface area contributed by atoms with Gasteiger partial charge in [-0.15, -0.1) is 4.57 Å². The summed E-state index contributed by atoms with van der Waals surface area (Å²) in [6.45, 7) is 0.207. The van der Waals surface area contributed by atoms with E-state index in [1.165, 1.54) is 35.2 Å². The third-order valence-corrected chi connectivity index (χ3v) is 6.41. The third-order valence-electron chi connectivity index (χ3n) is 4.27. The van der Waals surface area contributed by atoms with Gasteiger partial charge in [0.05, 0.1) is 10.9 Å². The minimum Gasteiger partial charge on any atom is -0.504 e. The first-order valence-corrected chi connectivity index (χ1v) is 9.69. The molecule has 0 spiro atoms. The number of phenols is 2. The Morgan fingerprint density at radius 1 is 1.04 bits per heavy atom. The molecule has 0 aliphatic carbocycles. The fourth-order valence-corrected chi connectivity index (χ4v) is 5.13. The van der Waals surface area contributed by atoms with E-state index in [2.05, 4.69) is 0 Å². The molecule has 2 N–H and O–H groups in total. The summed E-state index contributed by atoms with van der Waals surface area (Å²) in [6, 6.07) is 10.1. The Labute approximate surface area is 161 Å². The Hall–Kier alpha value is -2.97. The number of fused-ring (bicyclic) bond motifs is 2. The summed E-state index contributed by atoms with van der Waals surface area (Å²) >= 11 is 2.86. The zero-order valence-corrected chi connectivity index (χ0v) is 15.3. The van der Waals surface area contributed by atoms with Gasteiger partial charge in [-0.25, -0.2) is 4.79 Å². The Bertz CT molecular complexity index is 1140. The molecule has 27 heavy (non-hydrogen) atoms. The van der Waals surface area contributed by atoms with Crippen molar-refractivity contribution in [2.75, 3.05) is 6.79 Å². The molecule has 0 unspecified atom stereocenters. The second-order valence-electron chi connectivity index (χ2n) is 5.95. The van der Waals surface area contributed by atoms with Gasteiger partial charge in [-0.1, -0.05) is 17.4 Å². The lowest BCUT2D eigenvalue weighted by molar-refractivity contribution is -0.588. The van der Waals surface area contributed by atoms with Crippen LogP contribution in [-0.4, -0.2) is 22.9 Å². The number of benzene rings is 2. The maximum absolute atomic E-state index is 13.0. The van der Waals surface area contributed by atoms with Crippen LogP contribution < -0.4 is 14.0 Å². The van der Waals surface area contributed by atoms with E-state index in [0.29, 0.717) is 27.7 Å².